The van der Waals surface area contributed by atoms with Gasteiger partial charge in [0.25, 0.3) is 11.5 Å². The van der Waals surface area contributed by atoms with Crippen LogP contribution in [0.3, 0.4) is 0 Å². The summed E-state index contributed by atoms with van der Waals surface area (Å²) >= 11 is 0. The van der Waals surface area contributed by atoms with Crippen molar-refractivity contribution in [1.82, 2.24) is 24.8 Å². The number of carbonyl (C=O) groups is 1. The zero-order valence-corrected chi connectivity index (χ0v) is 19.5. The SMILES string of the molecule is CNC(=O)c1ccc(N2CCN(Cc3ccc4c([nH]c(=O)c5c(C)cnn54)c3F)CC2)c(C)c1. The van der Waals surface area contributed by atoms with Crippen LogP contribution in [0.4, 0.5) is 10.1 Å². The number of hydrogen-bond donors (Lipinski definition) is 2. The smallest absolute Gasteiger partial charge is 0.274 e. The molecule has 4 aromatic rings. The summed E-state index contributed by atoms with van der Waals surface area (Å²) in [5.41, 5.74) is 4.94. The van der Waals surface area contributed by atoms with Crippen LogP contribution in [-0.4, -0.2) is 58.6 Å². The van der Waals surface area contributed by atoms with Crippen LogP contribution in [0.1, 0.15) is 27.0 Å². The van der Waals surface area contributed by atoms with Gasteiger partial charge >= 0.3 is 0 Å². The van der Waals surface area contributed by atoms with Crippen LogP contribution >= 0.6 is 0 Å². The molecule has 5 rings (SSSR count). The van der Waals surface area contributed by atoms with Crippen molar-refractivity contribution in [2.75, 3.05) is 38.1 Å². The van der Waals surface area contributed by atoms with E-state index < -0.39 is 5.82 Å². The number of H-pyrrole nitrogens is 1. The Morgan fingerprint density at radius 3 is 2.59 bits per heavy atom. The van der Waals surface area contributed by atoms with Gasteiger partial charge in [-0.2, -0.15) is 5.10 Å². The zero-order valence-electron chi connectivity index (χ0n) is 19.5. The topological polar surface area (TPSA) is 85.7 Å². The summed E-state index contributed by atoms with van der Waals surface area (Å²) < 4.78 is 16.9. The molecule has 2 aromatic carbocycles. The Kier molecular flexibility index (Phi) is 5.57. The normalized spacial score (nSPS) is 14.8. The highest BCUT2D eigenvalue weighted by Gasteiger charge is 2.21. The molecule has 0 aliphatic carbocycles. The number of aromatic amines is 1. The van der Waals surface area contributed by atoms with Crippen LogP contribution in [-0.2, 0) is 6.54 Å². The Bertz CT molecular complexity index is 1470. The Morgan fingerprint density at radius 2 is 1.88 bits per heavy atom. The van der Waals surface area contributed by atoms with Gasteiger partial charge in [0.15, 0.2) is 5.82 Å². The number of rotatable bonds is 4. The van der Waals surface area contributed by atoms with E-state index in [-0.39, 0.29) is 17.0 Å². The third kappa shape index (κ3) is 3.71. The minimum atomic E-state index is -0.410. The molecule has 176 valence electrons. The van der Waals surface area contributed by atoms with Gasteiger partial charge in [-0.15, -0.1) is 0 Å². The third-order valence-corrected chi connectivity index (χ3v) is 6.63. The quantitative estimate of drug-likeness (QED) is 0.487. The standard InChI is InChI=1S/C25H27FN6O2/c1-15-12-17(24(33)27-3)4-6-19(15)31-10-8-30(9-11-31)14-18-5-7-20-22(21(18)26)29-25(34)23-16(2)13-28-32(20)23/h4-7,12-13H,8-11,14H2,1-3H3,(H,27,33)(H,29,34). The predicted molar refractivity (Wildman–Crippen MR) is 130 cm³/mol. The molecule has 9 heteroatoms. The fourth-order valence-electron chi connectivity index (χ4n) is 4.77. The molecule has 1 aliphatic rings. The fraction of sp³-hybridized carbons (Fsp3) is 0.320. The molecule has 1 fully saturated rings. The molecule has 0 bridgehead atoms. The maximum absolute atomic E-state index is 15.4. The number of aryl methyl sites for hydroxylation is 2. The molecule has 0 spiro atoms. The molecule has 3 heterocycles. The second-order valence-electron chi connectivity index (χ2n) is 8.82. The highest BCUT2D eigenvalue weighted by Crippen LogP contribution is 2.25. The van der Waals surface area contributed by atoms with Crippen molar-refractivity contribution in [3.63, 3.8) is 0 Å². The van der Waals surface area contributed by atoms with Crippen LogP contribution in [0, 0.1) is 19.7 Å². The summed E-state index contributed by atoms with van der Waals surface area (Å²) in [6.45, 7) is 7.45. The number of fused-ring (bicyclic) bond motifs is 3. The summed E-state index contributed by atoms with van der Waals surface area (Å²) in [6.07, 6.45) is 1.61. The van der Waals surface area contributed by atoms with Gasteiger partial charge in [0.05, 0.1) is 11.7 Å². The Balaban J connectivity index is 1.32. The molecule has 0 unspecified atom stereocenters. The first kappa shape index (κ1) is 22.1. The molecule has 2 N–H and O–H groups in total. The van der Waals surface area contributed by atoms with Crippen LogP contribution in [0.25, 0.3) is 16.6 Å². The number of piperazine rings is 1. The third-order valence-electron chi connectivity index (χ3n) is 6.63. The molecule has 1 aliphatic heterocycles. The summed E-state index contributed by atoms with van der Waals surface area (Å²) in [5.74, 6) is -0.505. The van der Waals surface area contributed by atoms with Crippen molar-refractivity contribution >= 4 is 28.1 Å². The molecule has 1 saturated heterocycles. The molecule has 34 heavy (non-hydrogen) atoms. The van der Waals surface area contributed by atoms with Gasteiger partial charge in [-0.1, -0.05) is 6.07 Å². The number of hydrogen-bond acceptors (Lipinski definition) is 5. The van der Waals surface area contributed by atoms with Crippen molar-refractivity contribution in [3.05, 3.63) is 75.0 Å². The Morgan fingerprint density at radius 1 is 1.12 bits per heavy atom. The molecular formula is C25H27FN6O2. The van der Waals surface area contributed by atoms with Gasteiger partial charge in [-0.3, -0.25) is 14.5 Å². The summed E-state index contributed by atoms with van der Waals surface area (Å²) in [7, 11) is 1.62. The second-order valence-corrected chi connectivity index (χ2v) is 8.82. The van der Waals surface area contributed by atoms with E-state index in [1.807, 2.05) is 38.1 Å². The molecule has 2 aromatic heterocycles. The first-order valence-electron chi connectivity index (χ1n) is 11.3. The Hall–Kier alpha value is -3.72. The lowest BCUT2D eigenvalue weighted by Gasteiger charge is -2.37. The number of benzene rings is 2. The second kappa shape index (κ2) is 8.57. The van der Waals surface area contributed by atoms with Gasteiger partial charge in [0, 0.05) is 62.1 Å². The fourth-order valence-corrected chi connectivity index (χ4v) is 4.77. The number of aromatic nitrogens is 3. The van der Waals surface area contributed by atoms with Crippen LogP contribution < -0.4 is 15.8 Å². The molecule has 0 radical (unpaired) electrons. The average Bonchev–Trinajstić information content (AvgIpc) is 3.23. The first-order chi connectivity index (χ1) is 16.4. The summed E-state index contributed by atoms with van der Waals surface area (Å²) in [4.78, 5) is 31.6. The van der Waals surface area contributed by atoms with E-state index in [9.17, 15) is 9.59 Å². The highest BCUT2D eigenvalue weighted by molar-refractivity contribution is 5.94. The zero-order chi connectivity index (χ0) is 24.0. The minimum absolute atomic E-state index is 0.0957. The summed E-state index contributed by atoms with van der Waals surface area (Å²) in [5, 5.41) is 6.90. The first-order valence-corrected chi connectivity index (χ1v) is 11.3. The lowest BCUT2D eigenvalue weighted by Crippen LogP contribution is -2.46. The molecule has 8 nitrogen and oxygen atoms in total. The maximum Gasteiger partial charge on any atom is 0.274 e. The van der Waals surface area contributed by atoms with Crippen molar-refractivity contribution in [1.29, 1.82) is 0 Å². The van der Waals surface area contributed by atoms with E-state index >= 15 is 4.39 Å². The molecule has 1 amide bonds. The minimum Gasteiger partial charge on any atom is -0.369 e. The van der Waals surface area contributed by atoms with Crippen LogP contribution in [0.5, 0.6) is 0 Å². The molecule has 0 atom stereocenters. The highest BCUT2D eigenvalue weighted by atomic mass is 19.1. The van der Waals surface area contributed by atoms with Crippen LogP contribution in [0.2, 0.25) is 0 Å². The number of nitrogens with one attached hydrogen (secondary N) is 2. The van der Waals surface area contributed by atoms with Crippen LogP contribution in [0.15, 0.2) is 41.3 Å². The van der Waals surface area contributed by atoms with Crippen molar-refractivity contribution in [3.8, 4) is 0 Å². The predicted octanol–water partition coefficient (Wildman–Crippen LogP) is 2.61. The van der Waals surface area contributed by atoms with Crippen molar-refractivity contribution in [2.45, 2.75) is 20.4 Å². The number of amides is 1. The number of nitrogens with zero attached hydrogens (tertiary/aromatic N) is 4. The van der Waals surface area contributed by atoms with Crippen molar-refractivity contribution < 1.29 is 9.18 Å². The van der Waals surface area contributed by atoms with E-state index in [0.717, 1.165) is 43.0 Å². The maximum atomic E-state index is 15.4. The Labute approximate surface area is 196 Å². The van der Waals surface area contributed by atoms with Crippen molar-refractivity contribution in [2.24, 2.45) is 0 Å². The van der Waals surface area contributed by atoms with E-state index in [2.05, 4.69) is 25.2 Å². The monoisotopic (exact) mass is 462 g/mol. The lowest BCUT2D eigenvalue weighted by molar-refractivity contribution is 0.0963. The molecule has 0 saturated carbocycles. The van der Waals surface area contributed by atoms with Gasteiger partial charge in [0.2, 0.25) is 0 Å². The van der Waals surface area contributed by atoms with Gasteiger partial charge in [0.1, 0.15) is 11.0 Å². The van der Waals surface area contributed by atoms with Gasteiger partial charge < -0.3 is 15.2 Å². The number of halogens is 1. The largest absolute Gasteiger partial charge is 0.369 e. The number of anilines is 1. The summed E-state index contributed by atoms with van der Waals surface area (Å²) in [6, 6.07) is 9.34. The average molecular weight is 463 g/mol. The molecular weight excluding hydrogens is 435 g/mol. The van der Waals surface area contributed by atoms with E-state index in [0.29, 0.717) is 28.7 Å². The van der Waals surface area contributed by atoms with E-state index in [4.69, 9.17) is 0 Å². The van der Waals surface area contributed by atoms with Gasteiger partial charge in [-0.05, 0) is 43.7 Å². The van der Waals surface area contributed by atoms with Gasteiger partial charge in [-0.25, -0.2) is 8.91 Å². The van der Waals surface area contributed by atoms with E-state index in [1.54, 1.807) is 19.3 Å². The van der Waals surface area contributed by atoms with E-state index in [1.165, 1.54) is 4.52 Å². The number of carbonyl (C=O) groups excluding carboxylic acids is 1. The lowest BCUT2D eigenvalue weighted by atomic mass is 10.1.